The van der Waals surface area contributed by atoms with Crippen LogP contribution < -0.4 is 10.5 Å². The maximum Gasteiger partial charge on any atom is 0.133 e. The van der Waals surface area contributed by atoms with Crippen LogP contribution in [0.15, 0.2) is 16.6 Å². The van der Waals surface area contributed by atoms with E-state index in [4.69, 9.17) is 10.5 Å². The number of fused-ring (bicyclic) bond motifs is 1. The van der Waals surface area contributed by atoms with Crippen LogP contribution in [-0.2, 0) is 6.42 Å². The average Bonchev–Trinajstić information content (AvgIpc) is 2.46. The van der Waals surface area contributed by atoms with E-state index in [1.165, 1.54) is 11.1 Å². The first-order chi connectivity index (χ1) is 6.22. The smallest absolute Gasteiger partial charge is 0.133 e. The highest BCUT2D eigenvalue weighted by Crippen LogP contribution is 2.36. The molecule has 0 unspecified atom stereocenters. The van der Waals surface area contributed by atoms with E-state index >= 15 is 0 Å². The van der Waals surface area contributed by atoms with Crippen LogP contribution in [0, 0.1) is 0 Å². The Morgan fingerprint density at radius 1 is 1.54 bits per heavy atom. The molecule has 2 rings (SSSR count). The van der Waals surface area contributed by atoms with Crippen LogP contribution in [0.1, 0.15) is 23.6 Å². The van der Waals surface area contributed by atoms with Gasteiger partial charge >= 0.3 is 0 Å². The van der Waals surface area contributed by atoms with Gasteiger partial charge in [-0.1, -0.05) is 0 Å². The molecule has 1 aromatic rings. The molecule has 2 N–H and O–H groups in total. The maximum absolute atomic E-state index is 5.95. The van der Waals surface area contributed by atoms with Crippen molar-refractivity contribution in [3.05, 3.63) is 27.7 Å². The van der Waals surface area contributed by atoms with Gasteiger partial charge in [0.1, 0.15) is 5.75 Å². The van der Waals surface area contributed by atoms with Crippen LogP contribution in [0.25, 0.3) is 0 Å². The highest BCUT2D eigenvalue weighted by Gasteiger charge is 2.20. The lowest BCUT2D eigenvalue weighted by Gasteiger charge is -2.09. The molecule has 3 heteroatoms. The Morgan fingerprint density at radius 2 is 2.31 bits per heavy atom. The maximum atomic E-state index is 5.95. The predicted molar refractivity (Wildman–Crippen MR) is 55.9 cm³/mol. The summed E-state index contributed by atoms with van der Waals surface area (Å²) < 4.78 is 6.23. The quantitative estimate of drug-likeness (QED) is 0.820. The molecule has 1 atom stereocenters. The Balaban J connectivity index is 2.51. The number of benzene rings is 1. The van der Waals surface area contributed by atoms with Gasteiger partial charge in [0.05, 0.1) is 11.6 Å². The molecule has 0 aliphatic heterocycles. The Morgan fingerprint density at radius 3 is 3.00 bits per heavy atom. The van der Waals surface area contributed by atoms with Crippen molar-refractivity contribution in [2.45, 2.75) is 18.9 Å². The first-order valence-corrected chi connectivity index (χ1v) is 5.13. The van der Waals surface area contributed by atoms with Gasteiger partial charge in [-0.3, -0.25) is 0 Å². The summed E-state index contributed by atoms with van der Waals surface area (Å²) in [5.41, 5.74) is 8.53. The highest BCUT2D eigenvalue weighted by atomic mass is 79.9. The number of aryl methyl sites for hydroxylation is 1. The summed E-state index contributed by atoms with van der Waals surface area (Å²) in [5, 5.41) is 0. The summed E-state index contributed by atoms with van der Waals surface area (Å²) >= 11 is 3.46. The fourth-order valence-electron chi connectivity index (χ4n) is 1.79. The Labute approximate surface area is 86.2 Å². The second-order valence-corrected chi connectivity index (χ2v) is 4.19. The number of methoxy groups -OCH3 is 1. The topological polar surface area (TPSA) is 35.2 Å². The number of nitrogens with two attached hydrogens (primary N) is 1. The summed E-state index contributed by atoms with van der Waals surface area (Å²) in [4.78, 5) is 0. The van der Waals surface area contributed by atoms with E-state index in [0.717, 1.165) is 23.1 Å². The molecule has 13 heavy (non-hydrogen) atoms. The standard InChI is InChI=1S/C10H12BrNO/c1-13-10-5-7-6(4-8(10)11)2-3-9(7)12/h4-5,9H,2-3,12H2,1H3/t9-/m0/s1. The molecule has 0 bridgehead atoms. The monoisotopic (exact) mass is 241 g/mol. The number of hydrogen-bond acceptors (Lipinski definition) is 2. The number of halogens is 1. The minimum absolute atomic E-state index is 0.192. The normalized spacial score (nSPS) is 20.1. The third-order valence-electron chi connectivity index (χ3n) is 2.54. The van der Waals surface area contributed by atoms with E-state index in [-0.39, 0.29) is 6.04 Å². The van der Waals surface area contributed by atoms with Crippen molar-refractivity contribution in [1.29, 1.82) is 0 Å². The molecule has 0 amide bonds. The van der Waals surface area contributed by atoms with Crippen molar-refractivity contribution in [3.63, 3.8) is 0 Å². The number of rotatable bonds is 1. The number of ether oxygens (including phenoxy) is 1. The fraction of sp³-hybridized carbons (Fsp3) is 0.400. The van der Waals surface area contributed by atoms with Crippen LogP contribution >= 0.6 is 15.9 Å². The van der Waals surface area contributed by atoms with Gasteiger partial charge in [0.25, 0.3) is 0 Å². The van der Waals surface area contributed by atoms with Crippen LogP contribution in [-0.4, -0.2) is 7.11 Å². The van der Waals surface area contributed by atoms with E-state index < -0.39 is 0 Å². The molecular weight excluding hydrogens is 230 g/mol. The zero-order valence-electron chi connectivity index (χ0n) is 7.51. The molecule has 0 saturated heterocycles. The minimum Gasteiger partial charge on any atom is -0.496 e. The fourth-order valence-corrected chi connectivity index (χ4v) is 2.35. The van der Waals surface area contributed by atoms with Gasteiger partial charge in [0, 0.05) is 6.04 Å². The first kappa shape index (κ1) is 9.03. The van der Waals surface area contributed by atoms with Crippen molar-refractivity contribution in [2.24, 2.45) is 5.73 Å². The Hall–Kier alpha value is -0.540. The molecule has 2 nitrogen and oxygen atoms in total. The summed E-state index contributed by atoms with van der Waals surface area (Å²) in [6.45, 7) is 0. The summed E-state index contributed by atoms with van der Waals surface area (Å²) in [7, 11) is 1.67. The second kappa shape index (κ2) is 3.31. The average molecular weight is 242 g/mol. The van der Waals surface area contributed by atoms with Gasteiger partial charge in [-0.2, -0.15) is 0 Å². The molecule has 0 aromatic heterocycles. The molecule has 0 saturated carbocycles. The molecule has 1 aliphatic rings. The lowest BCUT2D eigenvalue weighted by molar-refractivity contribution is 0.411. The predicted octanol–water partition coefficient (Wildman–Crippen LogP) is 2.40. The summed E-state index contributed by atoms with van der Waals surface area (Å²) in [5.74, 6) is 0.871. The van der Waals surface area contributed by atoms with Gasteiger partial charge in [0.2, 0.25) is 0 Å². The van der Waals surface area contributed by atoms with Gasteiger partial charge in [-0.15, -0.1) is 0 Å². The van der Waals surface area contributed by atoms with Gasteiger partial charge < -0.3 is 10.5 Å². The molecule has 1 aliphatic carbocycles. The summed E-state index contributed by atoms with van der Waals surface area (Å²) in [6, 6.07) is 4.34. The van der Waals surface area contributed by atoms with E-state index in [0.29, 0.717) is 0 Å². The van der Waals surface area contributed by atoms with Gasteiger partial charge in [-0.05, 0) is 52.0 Å². The van der Waals surface area contributed by atoms with Crippen molar-refractivity contribution < 1.29 is 4.74 Å². The van der Waals surface area contributed by atoms with Crippen molar-refractivity contribution in [1.82, 2.24) is 0 Å². The van der Waals surface area contributed by atoms with E-state index in [1.807, 2.05) is 6.07 Å². The van der Waals surface area contributed by atoms with Crippen molar-refractivity contribution in [2.75, 3.05) is 7.11 Å². The number of hydrogen-bond donors (Lipinski definition) is 1. The van der Waals surface area contributed by atoms with Crippen molar-refractivity contribution in [3.8, 4) is 5.75 Å². The SMILES string of the molecule is COc1cc2c(cc1Br)CC[C@@H]2N. The van der Waals surface area contributed by atoms with Gasteiger partial charge in [-0.25, -0.2) is 0 Å². The molecular formula is C10H12BrNO. The highest BCUT2D eigenvalue weighted by molar-refractivity contribution is 9.10. The lowest BCUT2D eigenvalue weighted by Crippen LogP contribution is -2.05. The van der Waals surface area contributed by atoms with Crippen LogP contribution in [0.5, 0.6) is 5.75 Å². The zero-order valence-corrected chi connectivity index (χ0v) is 9.10. The molecule has 0 fully saturated rings. The summed E-state index contributed by atoms with van der Waals surface area (Å²) in [6.07, 6.45) is 2.13. The second-order valence-electron chi connectivity index (χ2n) is 3.33. The molecule has 0 spiro atoms. The van der Waals surface area contributed by atoms with Crippen molar-refractivity contribution >= 4 is 15.9 Å². The van der Waals surface area contributed by atoms with Crippen LogP contribution in [0.3, 0.4) is 0 Å². The lowest BCUT2D eigenvalue weighted by atomic mass is 10.1. The van der Waals surface area contributed by atoms with E-state index in [2.05, 4.69) is 22.0 Å². The molecule has 70 valence electrons. The van der Waals surface area contributed by atoms with Crippen LogP contribution in [0.2, 0.25) is 0 Å². The molecule has 0 heterocycles. The van der Waals surface area contributed by atoms with Crippen LogP contribution in [0.4, 0.5) is 0 Å². The Kier molecular flexibility index (Phi) is 2.30. The van der Waals surface area contributed by atoms with Gasteiger partial charge in [0.15, 0.2) is 0 Å². The first-order valence-electron chi connectivity index (χ1n) is 4.34. The molecule has 1 aromatic carbocycles. The van der Waals surface area contributed by atoms with E-state index in [9.17, 15) is 0 Å². The largest absolute Gasteiger partial charge is 0.496 e. The minimum atomic E-state index is 0.192. The molecule has 0 radical (unpaired) electrons. The zero-order chi connectivity index (χ0) is 9.42. The van der Waals surface area contributed by atoms with E-state index in [1.54, 1.807) is 7.11 Å². The Bertz CT molecular complexity index is 338. The third kappa shape index (κ3) is 1.46. The third-order valence-corrected chi connectivity index (χ3v) is 3.16.